The Morgan fingerprint density at radius 1 is 1.35 bits per heavy atom. The van der Waals surface area contributed by atoms with E-state index in [1.165, 1.54) is 0 Å². The number of aromatic nitrogens is 1. The molecular formula is C17H19NO5. The average Bonchev–Trinajstić information content (AvgIpc) is 2.81. The zero-order valence-electron chi connectivity index (χ0n) is 13.3. The molecular weight excluding hydrogens is 298 g/mol. The lowest BCUT2D eigenvalue weighted by molar-refractivity contribution is 0.0522. The maximum absolute atomic E-state index is 11.9. The number of carbonyl (C=O) groups is 1. The maximum atomic E-state index is 11.9. The molecule has 1 aromatic carbocycles. The molecule has 0 unspecified atom stereocenters. The van der Waals surface area contributed by atoms with Crippen molar-refractivity contribution >= 4 is 18.6 Å². The van der Waals surface area contributed by atoms with Gasteiger partial charge < -0.3 is 24.3 Å². The van der Waals surface area contributed by atoms with Crippen molar-refractivity contribution in [3.63, 3.8) is 0 Å². The van der Waals surface area contributed by atoms with Crippen molar-refractivity contribution in [2.75, 3.05) is 20.8 Å². The van der Waals surface area contributed by atoms with Gasteiger partial charge in [-0.05, 0) is 31.2 Å². The van der Waals surface area contributed by atoms with Crippen molar-refractivity contribution in [1.82, 2.24) is 4.98 Å². The van der Waals surface area contributed by atoms with Crippen molar-refractivity contribution in [3.8, 4) is 17.2 Å². The molecule has 0 spiro atoms. The van der Waals surface area contributed by atoms with Crippen LogP contribution in [0.3, 0.4) is 0 Å². The molecule has 1 aromatic heterocycles. The van der Waals surface area contributed by atoms with Crippen LogP contribution >= 0.6 is 0 Å². The fourth-order valence-electron chi connectivity index (χ4n) is 2.20. The van der Waals surface area contributed by atoms with E-state index in [9.17, 15) is 9.90 Å². The predicted octanol–water partition coefficient (Wildman–Crippen LogP) is 1.15. The molecule has 122 valence electrons. The SMILES string of the molecule is C=c1[nH]/c(=C/c2cc(OC)ccc2OC)c(O)c1C(=O)OCC. The van der Waals surface area contributed by atoms with E-state index in [-0.39, 0.29) is 23.3 Å². The molecule has 2 rings (SSSR count). The van der Waals surface area contributed by atoms with Crippen molar-refractivity contribution in [1.29, 1.82) is 0 Å². The number of methoxy groups -OCH3 is 2. The zero-order chi connectivity index (χ0) is 17.0. The quantitative estimate of drug-likeness (QED) is 0.809. The molecule has 0 saturated heterocycles. The fourth-order valence-corrected chi connectivity index (χ4v) is 2.20. The number of ether oxygens (including phenoxy) is 3. The highest BCUT2D eigenvalue weighted by Crippen LogP contribution is 2.24. The van der Waals surface area contributed by atoms with E-state index in [1.807, 2.05) is 0 Å². The van der Waals surface area contributed by atoms with Crippen molar-refractivity contribution in [3.05, 3.63) is 40.0 Å². The molecule has 0 aliphatic heterocycles. The Labute approximate surface area is 133 Å². The molecule has 0 radical (unpaired) electrons. The van der Waals surface area contributed by atoms with Gasteiger partial charge in [-0.25, -0.2) is 4.79 Å². The first kappa shape index (κ1) is 16.5. The third-order valence-electron chi connectivity index (χ3n) is 3.30. The summed E-state index contributed by atoms with van der Waals surface area (Å²) in [5, 5.41) is 10.9. The number of hydrogen-bond acceptors (Lipinski definition) is 5. The normalized spacial score (nSPS) is 11.3. The Kier molecular flexibility index (Phi) is 4.95. The number of H-pyrrole nitrogens is 1. The predicted molar refractivity (Wildman–Crippen MR) is 86.3 cm³/mol. The van der Waals surface area contributed by atoms with Crippen LogP contribution in [-0.4, -0.2) is 36.9 Å². The number of aromatic hydroxyl groups is 1. The minimum atomic E-state index is -0.622. The first-order valence-electron chi connectivity index (χ1n) is 7.02. The van der Waals surface area contributed by atoms with E-state index < -0.39 is 5.97 Å². The highest BCUT2D eigenvalue weighted by Gasteiger charge is 2.17. The van der Waals surface area contributed by atoms with Crippen LogP contribution in [0.4, 0.5) is 0 Å². The summed E-state index contributed by atoms with van der Waals surface area (Å²) in [4.78, 5) is 14.8. The van der Waals surface area contributed by atoms with E-state index in [4.69, 9.17) is 14.2 Å². The van der Waals surface area contributed by atoms with Gasteiger partial charge in [0.15, 0.2) is 5.75 Å². The lowest BCUT2D eigenvalue weighted by Crippen LogP contribution is -2.15. The fraction of sp³-hybridized carbons (Fsp3) is 0.235. The Hall–Kier alpha value is -2.89. The topological polar surface area (TPSA) is 80.8 Å². The van der Waals surface area contributed by atoms with Gasteiger partial charge in [-0.2, -0.15) is 0 Å². The second kappa shape index (κ2) is 6.91. The summed E-state index contributed by atoms with van der Waals surface area (Å²) in [5.74, 6) is 0.411. The lowest BCUT2D eigenvalue weighted by Gasteiger charge is -2.06. The number of rotatable bonds is 5. The smallest absolute Gasteiger partial charge is 0.344 e. The van der Waals surface area contributed by atoms with E-state index >= 15 is 0 Å². The van der Waals surface area contributed by atoms with Gasteiger partial charge in [-0.15, -0.1) is 0 Å². The summed E-state index contributed by atoms with van der Waals surface area (Å²) in [5.41, 5.74) is 0.707. The van der Waals surface area contributed by atoms with Gasteiger partial charge in [0.05, 0.1) is 26.2 Å². The number of nitrogens with one attached hydrogen (secondary N) is 1. The van der Waals surface area contributed by atoms with Crippen LogP contribution in [-0.2, 0) is 4.74 Å². The highest BCUT2D eigenvalue weighted by atomic mass is 16.5. The second-order valence-electron chi connectivity index (χ2n) is 4.71. The largest absolute Gasteiger partial charge is 0.505 e. The Bertz CT molecular complexity index is 822. The molecule has 0 saturated carbocycles. The molecule has 23 heavy (non-hydrogen) atoms. The molecule has 0 fully saturated rings. The Balaban J connectivity index is 2.59. The third kappa shape index (κ3) is 3.31. The number of esters is 1. The maximum Gasteiger partial charge on any atom is 0.344 e. The molecule has 0 amide bonds. The monoisotopic (exact) mass is 317 g/mol. The first-order chi connectivity index (χ1) is 11.0. The van der Waals surface area contributed by atoms with Gasteiger partial charge in [0, 0.05) is 10.9 Å². The molecule has 0 atom stereocenters. The van der Waals surface area contributed by atoms with Crippen molar-refractivity contribution < 1.29 is 24.1 Å². The van der Waals surface area contributed by atoms with Crippen LogP contribution in [0.15, 0.2) is 18.2 Å². The van der Waals surface area contributed by atoms with Crippen LogP contribution in [0.5, 0.6) is 17.2 Å². The molecule has 1 heterocycles. The minimum Gasteiger partial charge on any atom is -0.505 e. The summed E-state index contributed by atoms with van der Waals surface area (Å²) in [6.45, 7) is 5.64. The van der Waals surface area contributed by atoms with Gasteiger partial charge in [-0.1, -0.05) is 6.58 Å². The number of hydrogen-bond donors (Lipinski definition) is 2. The lowest BCUT2D eigenvalue weighted by atomic mass is 10.1. The van der Waals surface area contributed by atoms with Crippen molar-refractivity contribution in [2.45, 2.75) is 6.92 Å². The summed E-state index contributed by atoms with van der Waals surface area (Å²) in [6, 6.07) is 5.27. The first-order valence-corrected chi connectivity index (χ1v) is 7.02. The van der Waals surface area contributed by atoms with Gasteiger partial charge in [0.1, 0.15) is 17.1 Å². The number of aromatic amines is 1. The second-order valence-corrected chi connectivity index (χ2v) is 4.71. The summed E-state index contributed by atoms with van der Waals surface area (Å²) in [7, 11) is 3.11. The van der Waals surface area contributed by atoms with E-state index in [0.29, 0.717) is 22.4 Å². The van der Waals surface area contributed by atoms with E-state index in [0.717, 1.165) is 0 Å². The van der Waals surface area contributed by atoms with Crippen LogP contribution in [0.2, 0.25) is 0 Å². The van der Waals surface area contributed by atoms with Crippen LogP contribution in [0, 0.1) is 0 Å². The minimum absolute atomic E-state index is 0.0277. The summed E-state index contributed by atoms with van der Waals surface area (Å²) in [6.07, 6.45) is 1.65. The van der Waals surface area contributed by atoms with Crippen molar-refractivity contribution in [2.24, 2.45) is 0 Å². The average molecular weight is 317 g/mol. The van der Waals surface area contributed by atoms with Crippen LogP contribution in [0.1, 0.15) is 22.8 Å². The molecule has 0 bridgehead atoms. The Morgan fingerprint density at radius 2 is 2.09 bits per heavy atom. The summed E-state index contributed by atoms with van der Waals surface area (Å²) < 4.78 is 15.4. The number of benzene rings is 1. The molecule has 0 aliphatic rings. The molecule has 2 aromatic rings. The Morgan fingerprint density at radius 3 is 2.70 bits per heavy atom. The molecule has 0 aliphatic carbocycles. The molecule has 2 N–H and O–H groups in total. The van der Waals surface area contributed by atoms with Crippen LogP contribution in [0.25, 0.3) is 12.7 Å². The van der Waals surface area contributed by atoms with Gasteiger partial charge in [0.25, 0.3) is 0 Å². The van der Waals surface area contributed by atoms with Gasteiger partial charge >= 0.3 is 5.97 Å². The summed E-state index contributed by atoms with van der Waals surface area (Å²) >= 11 is 0. The molecule has 6 heteroatoms. The molecule has 6 nitrogen and oxygen atoms in total. The van der Waals surface area contributed by atoms with E-state index in [1.54, 1.807) is 45.4 Å². The van der Waals surface area contributed by atoms with Gasteiger partial charge in [-0.3, -0.25) is 0 Å². The standard InChI is InChI=1S/C17H19NO5/c1-5-23-17(20)15-10(2)18-13(16(15)19)9-11-8-12(21-3)6-7-14(11)22-4/h6-9,18-19H,2,5H2,1,3-4H3/b13-9+. The van der Waals surface area contributed by atoms with Gasteiger partial charge in [0.2, 0.25) is 0 Å². The highest BCUT2D eigenvalue weighted by molar-refractivity contribution is 5.92. The van der Waals surface area contributed by atoms with E-state index in [2.05, 4.69) is 11.6 Å². The third-order valence-corrected chi connectivity index (χ3v) is 3.30. The van der Waals surface area contributed by atoms with Crippen LogP contribution < -0.4 is 20.2 Å². The zero-order valence-corrected chi connectivity index (χ0v) is 13.3. The number of carbonyl (C=O) groups excluding carboxylic acids is 1.